The van der Waals surface area contributed by atoms with E-state index in [9.17, 15) is 9.59 Å². The molecule has 170 valence electrons. The summed E-state index contributed by atoms with van der Waals surface area (Å²) in [6, 6.07) is 18.7. The zero-order valence-electron chi connectivity index (χ0n) is 17.4. The van der Waals surface area contributed by atoms with Crippen molar-refractivity contribution in [2.45, 2.75) is 12.8 Å². The van der Waals surface area contributed by atoms with Crippen LogP contribution in [-0.4, -0.2) is 23.5 Å². The van der Waals surface area contributed by atoms with Crippen molar-refractivity contribution in [3.63, 3.8) is 0 Å². The predicted molar refractivity (Wildman–Crippen MR) is 136 cm³/mol. The number of hydrogen-bond acceptors (Lipinski definition) is 4. The fourth-order valence-electron chi connectivity index (χ4n) is 2.94. The molecule has 3 aromatic carbocycles. The van der Waals surface area contributed by atoms with Gasteiger partial charge >= 0.3 is 0 Å². The van der Waals surface area contributed by atoms with Gasteiger partial charge in [-0.05, 0) is 59.2 Å². The summed E-state index contributed by atoms with van der Waals surface area (Å²) < 4.78 is 5.53. The largest absolute Gasteiger partial charge is 0.492 e. The fraction of sp³-hybridized carbons (Fsp3) is 0.125. The van der Waals surface area contributed by atoms with Gasteiger partial charge in [-0.1, -0.05) is 65.7 Å². The van der Waals surface area contributed by atoms with E-state index in [0.29, 0.717) is 28.8 Å². The summed E-state index contributed by atoms with van der Waals surface area (Å²) in [5.74, 6) is -0.216. The summed E-state index contributed by atoms with van der Waals surface area (Å²) >= 11 is 16.9. The second-order valence-electron chi connectivity index (χ2n) is 6.92. The number of rotatable bonds is 7. The van der Waals surface area contributed by atoms with Gasteiger partial charge in [-0.2, -0.15) is 0 Å². The zero-order chi connectivity index (χ0) is 23.6. The number of ether oxygens (including phenoxy) is 1. The minimum Gasteiger partial charge on any atom is -0.492 e. The highest BCUT2D eigenvalue weighted by Crippen LogP contribution is 2.27. The molecule has 0 aromatic heterocycles. The maximum absolute atomic E-state index is 12.1. The maximum Gasteiger partial charge on any atom is 0.250 e. The number of carbonyl (C=O) groups excluding carboxylic acids is 2. The van der Waals surface area contributed by atoms with E-state index < -0.39 is 5.91 Å². The number of hydrazine groups is 1. The van der Waals surface area contributed by atoms with Crippen LogP contribution in [0.2, 0.25) is 10.0 Å². The number of hydrogen-bond donors (Lipinski definition) is 3. The van der Waals surface area contributed by atoms with Gasteiger partial charge in [-0.25, -0.2) is 0 Å². The number of benzene rings is 3. The van der Waals surface area contributed by atoms with Crippen LogP contribution in [0.4, 0.5) is 0 Å². The van der Waals surface area contributed by atoms with E-state index in [4.69, 9.17) is 40.2 Å². The van der Waals surface area contributed by atoms with Crippen LogP contribution < -0.4 is 20.9 Å². The van der Waals surface area contributed by atoms with Crippen molar-refractivity contribution in [1.82, 2.24) is 16.2 Å². The molecule has 0 atom stereocenters. The first kappa shape index (κ1) is 24.5. The van der Waals surface area contributed by atoms with Crippen LogP contribution in [0.5, 0.6) is 5.75 Å². The van der Waals surface area contributed by atoms with E-state index in [0.717, 1.165) is 16.3 Å². The van der Waals surface area contributed by atoms with E-state index in [1.165, 1.54) is 6.08 Å². The highest BCUT2D eigenvalue weighted by molar-refractivity contribution is 7.80. The summed E-state index contributed by atoms with van der Waals surface area (Å²) in [6.07, 6.45) is 3.75. The monoisotopic (exact) mass is 501 g/mol. The lowest BCUT2D eigenvalue weighted by Gasteiger charge is -2.10. The van der Waals surface area contributed by atoms with Crippen molar-refractivity contribution >= 4 is 69.2 Å². The Morgan fingerprint density at radius 1 is 1.00 bits per heavy atom. The first-order valence-corrected chi connectivity index (χ1v) is 11.2. The topological polar surface area (TPSA) is 79.5 Å². The highest BCUT2D eigenvalue weighted by atomic mass is 35.5. The average molecular weight is 502 g/mol. The van der Waals surface area contributed by atoms with E-state index in [2.05, 4.69) is 16.2 Å². The third-order valence-corrected chi connectivity index (χ3v) is 5.22. The Bertz CT molecular complexity index is 1200. The molecule has 0 aliphatic heterocycles. The minimum absolute atomic E-state index is 0.0138. The molecule has 0 spiro atoms. The number of nitrogens with one attached hydrogen (secondary N) is 3. The van der Waals surface area contributed by atoms with Crippen molar-refractivity contribution in [3.05, 3.63) is 82.3 Å². The summed E-state index contributed by atoms with van der Waals surface area (Å²) in [6.45, 7) is 0.301. The lowest BCUT2D eigenvalue weighted by molar-refractivity contribution is -0.122. The van der Waals surface area contributed by atoms with Gasteiger partial charge in [0.25, 0.3) is 0 Å². The third-order valence-electron chi connectivity index (χ3n) is 4.49. The molecule has 3 N–H and O–H groups in total. The molecule has 6 nitrogen and oxygen atoms in total. The number of carbonyl (C=O) groups is 2. The van der Waals surface area contributed by atoms with Crippen molar-refractivity contribution in [2.24, 2.45) is 0 Å². The van der Waals surface area contributed by atoms with Gasteiger partial charge in [0.1, 0.15) is 5.75 Å². The molecule has 0 aliphatic carbocycles. The van der Waals surface area contributed by atoms with Gasteiger partial charge < -0.3 is 4.74 Å². The Kier molecular flexibility index (Phi) is 9.06. The van der Waals surface area contributed by atoms with Crippen LogP contribution in [0.25, 0.3) is 16.8 Å². The summed E-state index contributed by atoms with van der Waals surface area (Å²) in [4.78, 5) is 24.1. The quantitative estimate of drug-likeness (QED) is 0.183. The average Bonchev–Trinajstić information content (AvgIpc) is 2.80. The third kappa shape index (κ3) is 7.75. The van der Waals surface area contributed by atoms with Gasteiger partial charge in [0, 0.05) is 17.5 Å². The standard InChI is InChI=1S/C24H21Cl2N3O3S/c25-18-11-12-21(20(26)15-18)32-14-4-9-23(31)28-29-24(33)27-22(30)13-10-17-7-3-6-16-5-1-2-8-19(16)17/h1-3,5-8,10-13,15H,4,9,14H2,(H,28,31)(H2,27,29,30,33). The molecule has 0 radical (unpaired) electrons. The second kappa shape index (κ2) is 12.2. The first-order valence-electron chi connectivity index (χ1n) is 10.1. The lowest BCUT2D eigenvalue weighted by atomic mass is 10.0. The van der Waals surface area contributed by atoms with Gasteiger partial charge in [0.05, 0.1) is 11.6 Å². The molecule has 0 saturated carbocycles. The van der Waals surface area contributed by atoms with Gasteiger partial charge in [0.2, 0.25) is 11.8 Å². The molecule has 0 heterocycles. The van der Waals surface area contributed by atoms with Crippen molar-refractivity contribution in [1.29, 1.82) is 0 Å². The van der Waals surface area contributed by atoms with Crippen LogP contribution >= 0.6 is 35.4 Å². The summed E-state index contributed by atoms with van der Waals surface area (Å²) in [5, 5.41) is 5.52. The molecule has 0 fully saturated rings. The molecule has 0 saturated heterocycles. The van der Waals surface area contributed by atoms with E-state index in [1.807, 2.05) is 42.5 Å². The molecule has 0 bridgehead atoms. The van der Waals surface area contributed by atoms with Crippen LogP contribution in [0, 0.1) is 0 Å². The molecular weight excluding hydrogens is 481 g/mol. The van der Waals surface area contributed by atoms with Crippen molar-refractivity contribution in [3.8, 4) is 5.75 Å². The molecule has 3 aromatic rings. The first-order chi connectivity index (χ1) is 15.9. The second-order valence-corrected chi connectivity index (χ2v) is 8.17. The molecule has 3 rings (SSSR count). The number of halogens is 2. The Labute approximate surface area is 206 Å². The summed E-state index contributed by atoms with van der Waals surface area (Å²) in [5.41, 5.74) is 5.85. The Balaban J connectivity index is 1.36. The highest BCUT2D eigenvalue weighted by Gasteiger charge is 2.06. The SMILES string of the molecule is O=C(C=Cc1cccc2ccccc12)NC(=S)NNC(=O)CCCOc1ccc(Cl)cc1Cl. The molecule has 2 amide bonds. The van der Waals surface area contributed by atoms with E-state index in [1.54, 1.807) is 24.3 Å². The zero-order valence-corrected chi connectivity index (χ0v) is 19.8. The molecule has 0 unspecified atom stereocenters. The number of amides is 2. The van der Waals surface area contributed by atoms with Crippen LogP contribution in [0.1, 0.15) is 18.4 Å². The Morgan fingerprint density at radius 3 is 2.61 bits per heavy atom. The molecule has 0 aliphatic rings. The Hall–Kier alpha value is -3.13. The van der Waals surface area contributed by atoms with Crippen LogP contribution in [0.3, 0.4) is 0 Å². The maximum atomic E-state index is 12.1. The normalized spacial score (nSPS) is 10.7. The van der Waals surface area contributed by atoms with Crippen molar-refractivity contribution < 1.29 is 14.3 Å². The van der Waals surface area contributed by atoms with Crippen LogP contribution in [-0.2, 0) is 9.59 Å². The van der Waals surface area contributed by atoms with Gasteiger partial charge in [0.15, 0.2) is 5.11 Å². The molecule has 33 heavy (non-hydrogen) atoms. The van der Waals surface area contributed by atoms with Gasteiger partial charge in [-0.3, -0.25) is 25.8 Å². The van der Waals surface area contributed by atoms with Gasteiger partial charge in [-0.15, -0.1) is 0 Å². The van der Waals surface area contributed by atoms with Crippen LogP contribution in [0.15, 0.2) is 66.7 Å². The molecular formula is C24H21Cl2N3O3S. The Morgan fingerprint density at radius 2 is 1.79 bits per heavy atom. The number of fused-ring (bicyclic) bond motifs is 1. The van der Waals surface area contributed by atoms with Crippen molar-refractivity contribution in [2.75, 3.05) is 6.61 Å². The number of thiocarbonyl (C=S) groups is 1. The fourth-order valence-corrected chi connectivity index (χ4v) is 3.56. The smallest absolute Gasteiger partial charge is 0.250 e. The van der Waals surface area contributed by atoms with E-state index in [-0.39, 0.29) is 17.4 Å². The lowest BCUT2D eigenvalue weighted by Crippen LogP contribution is -2.48. The summed E-state index contributed by atoms with van der Waals surface area (Å²) in [7, 11) is 0. The predicted octanol–water partition coefficient (Wildman–Crippen LogP) is 5.04. The van der Waals surface area contributed by atoms with E-state index >= 15 is 0 Å². The molecule has 9 heteroatoms. The minimum atomic E-state index is -0.414.